The molecular formula is C12H19N3O3S. The van der Waals surface area contributed by atoms with E-state index in [9.17, 15) is 9.59 Å². The molecular weight excluding hydrogens is 266 g/mol. The number of likely N-dealkylation sites (N-methyl/N-ethyl adjacent to an activating group) is 1. The highest BCUT2D eigenvalue weighted by Crippen LogP contribution is 2.18. The predicted octanol–water partition coefficient (Wildman–Crippen LogP) is 1.12. The van der Waals surface area contributed by atoms with Gasteiger partial charge in [0.1, 0.15) is 0 Å². The Morgan fingerprint density at radius 2 is 2.11 bits per heavy atom. The summed E-state index contributed by atoms with van der Waals surface area (Å²) in [6.07, 6.45) is 0. The molecule has 0 aromatic carbocycles. The van der Waals surface area contributed by atoms with E-state index >= 15 is 0 Å². The summed E-state index contributed by atoms with van der Waals surface area (Å²) in [7, 11) is 3.81. The molecule has 0 aliphatic carbocycles. The van der Waals surface area contributed by atoms with Gasteiger partial charge in [0, 0.05) is 17.5 Å². The fourth-order valence-electron chi connectivity index (χ4n) is 1.70. The molecule has 2 atom stereocenters. The van der Waals surface area contributed by atoms with E-state index in [2.05, 4.69) is 10.6 Å². The Morgan fingerprint density at radius 3 is 2.58 bits per heavy atom. The van der Waals surface area contributed by atoms with E-state index in [0.29, 0.717) is 11.4 Å². The van der Waals surface area contributed by atoms with Gasteiger partial charge in [-0.2, -0.15) is 0 Å². The first-order valence-electron chi connectivity index (χ1n) is 5.88. The number of amides is 2. The molecule has 2 amide bonds. The lowest BCUT2D eigenvalue weighted by atomic mass is 10.2. The number of nitrogens with zero attached hydrogens (tertiary/aromatic N) is 1. The number of nitrogens with one attached hydrogen (secondary N) is 2. The highest BCUT2D eigenvalue weighted by atomic mass is 32.1. The van der Waals surface area contributed by atoms with Crippen molar-refractivity contribution in [3.8, 4) is 0 Å². The first-order chi connectivity index (χ1) is 8.90. The third-order valence-electron chi connectivity index (χ3n) is 2.37. The number of carbonyl (C=O) groups excluding carboxylic acids is 1. The van der Waals surface area contributed by atoms with Crippen LogP contribution in [-0.2, 0) is 4.79 Å². The molecule has 1 heterocycles. The summed E-state index contributed by atoms with van der Waals surface area (Å²) < 4.78 is 0. The zero-order valence-electron chi connectivity index (χ0n) is 11.2. The molecule has 0 aliphatic heterocycles. The molecule has 0 saturated heterocycles. The molecule has 0 spiro atoms. The second kappa shape index (κ2) is 7.10. The maximum Gasteiger partial charge on any atom is 0.331 e. The lowest BCUT2D eigenvalue weighted by Gasteiger charge is -2.20. The van der Waals surface area contributed by atoms with Gasteiger partial charge in [-0.3, -0.25) is 0 Å². The van der Waals surface area contributed by atoms with Crippen molar-refractivity contribution in [1.82, 2.24) is 15.5 Å². The van der Waals surface area contributed by atoms with Crippen LogP contribution in [0.1, 0.15) is 17.8 Å². The van der Waals surface area contributed by atoms with E-state index in [-0.39, 0.29) is 6.04 Å². The normalized spacial score (nSPS) is 13.9. The maximum atomic E-state index is 11.7. The highest BCUT2D eigenvalue weighted by Gasteiger charge is 2.23. The van der Waals surface area contributed by atoms with Gasteiger partial charge in [-0.05, 0) is 32.5 Å². The van der Waals surface area contributed by atoms with Crippen molar-refractivity contribution in [1.29, 1.82) is 0 Å². The van der Waals surface area contributed by atoms with Crippen molar-refractivity contribution in [2.75, 3.05) is 20.6 Å². The third kappa shape index (κ3) is 5.27. The number of urea groups is 1. The Labute approximate surface area is 116 Å². The standard InChI is InChI=1S/C12H19N3O3S/c1-8(7-15(2)3)13-12(18)14-10(11(16)17)9-5-4-6-19-9/h4-6,8,10H,7H2,1-3H3,(H,16,17)(H2,13,14,18). The average Bonchev–Trinajstić information content (AvgIpc) is 2.76. The quantitative estimate of drug-likeness (QED) is 0.731. The molecule has 1 rings (SSSR count). The summed E-state index contributed by atoms with van der Waals surface area (Å²) in [5.41, 5.74) is 0. The molecule has 1 aromatic rings. The van der Waals surface area contributed by atoms with Crippen LogP contribution in [0.4, 0.5) is 4.79 Å². The summed E-state index contributed by atoms with van der Waals surface area (Å²) in [5, 5.41) is 16.1. The van der Waals surface area contributed by atoms with Gasteiger partial charge in [0.2, 0.25) is 0 Å². The monoisotopic (exact) mass is 285 g/mol. The van der Waals surface area contributed by atoms with E-state index in [4.69, 9.17) is 5.11 Å². The Morgan fingerprint density at radius 1 is 1.42 bits per heavy atom. The molecule has 0 bridgehead atoms. The smallest absolute Gasteiger partial charge is 0.331 e. The fraction of sp³-hybridized carbons (Fsp3) is 0.500. The van der Waals surface area contributed by atoms with Crippen molar-refractivity contribution < 1.29 is 14.7 Å². The van der Waals surface area contributed by atoms with Gasteiger partial charge in [-0.15, -0.1) is 11.3 Å². The highest BCUT2D eigenvalue weighted by molar-refractivity contribution is 7.10. The second-order valence-electron chi connectivity index (χ2n) is 4.57. The van der Waals surface area contributed by atoms with Crippen molar-refractivity contribution in [2.24, 2.45) is 0 Å². The second-order valence-corrected chi connectivity index (χ2v) is 5.55. The molecule has 0 saturated carbocycles. The van der Waals surface area contributed by atoms with Crippen LogP contribution < -0.4 is 10.6 Å². The van der Waals surface area contributed by atoms with Crippen molar-refractivity contribution >= 4 is 23.3 Å². The number of carbonyl (C=O) groups is 2. The zero-order chi connectivity index (χ0) is 14.4. The van der Waals surface area contributed by atoms with Crippen LogP contribution >= 0.6 is 11.3 Å². The number of aliphatic carboxylic acids is 1. The Kier molecular flexibility index (Phi) is 5.78. The molecule has 1 aromatic heterocycles. The largest absolute Gasteiger partial charge is 0.479 e. The molecule has 0 aliphatic rings. The summed E-state index contributed by atoms with van der Waals surface area (Å²) in [5.74, 6) is -1.07. The van der Waals surface area contributed by atoms with E-state index in [0.717, 1.165) is 0 Å². The van der Waals surface area contributed by atoms with Gasteiger partial charge in [0.25, 0.3) is 0 Å². The van der Waals surface area contributed by atoms with Gasteiger partial charge in [0.15, 0.2) is 6.04 Å². The van der Waals surface area contributed by atoms with E-state index in [1.54, 1.807) is 17.5 Å². The Bertz CT molecular complexity index is 420. The Balaban J connectivity index is 2.56. The van der Waals surface area contributed by atoms with Crippen molar-refractivity contribution in [3.63, 3.8) is 0 Å². The topological polar surface area (TPSA) is 81.7 Å². The van der Waals surface area contributed by atoms with Gasteiger partial charge in [0.05, 0.1) is 0 Å². The molecule has 7 heteroatoms. The summed E-state index contributed by atoms with van der Waals surface area (Å²) >= 11 is 1.30. The number of carboxylic acids is 1. The average molecular weight is 285 g/mol. The van der Waals surface area contributed by atoms with E-state index < -0.39 is 18.0 Å². The first-order valence-corrected chi connectivity index (χ1v) is 6.76. The maximum absolute atomic E-state index is 11.7. The van der Waals surface area contributed by atoms with Crippen LogP contribution in [0.25, 0.3) is 0 Å². The van der Waals surface area contributed by atoms with Gasteiger partial charge < -0.3 is 20.6 Å². The van der Waals surface area contributed by atoms with Crippen LogP contribution in [0.2, 0.25) is 0 Å². The molecule has 3 N–H and O–H groups in total. The van der Waals surface area contributed by atoms with Gasteiger partial charge in [-0.1, -0.05) is 6.07 Å². The van der Waals surface area contributed by atoms with E-state index in [1.807, 2.05) is 25.9 Å². The molecule has 0 radical (unpaired) electrons. The number of thiophene rings is 1. The molecule has 2 unspecified atom stereocenters. The van der Waals surface area contributed by atoms with Crippen molar-refractivity contribution in [3.05, 3.63) is 22.4 Å². The minimum atomic E-state index is -1.07. The molecule has 0 fully saturated rings. The lowest BCUT2D eigenvalue weighted by Crippen LogP contribution is -2.47. The first kappa shape index (κ1) is 15.5. The van der Waals surface area contributed by atoms with Crippen LogP contribution in [0.15, 0.2) is 17.5 Å². The van der Waals surface area contributed by atoms with Gasteiger partial charge >= 0.3 is 12.0 Å². The fourth-order valence-corrected chi connectivity index (χ4v) is 2.47. The summed E-state index contributed by atoms with van der Waals surface area (Å²) in [4.78, 5) is 25.4. The van der Waals surface area contributed by atoms with Gasteiger partial charge in [-0.25, -0.2) is 9.59 Å². The minimum Gasteiger partial charge on any atom is -0.479 e. The number of hydrogen-bond acceptors (Lipinski definition) is 4. The van der Waals surface area contributed by atoms with Crippen molar-refractivity contribution in [2.45, 2.75) is 19.0 Å². The zero-order valence-corrected chi connectivity index (χ0v) is 12.0. The molecule has 6 nitrogen and oxygen atoms in total. The predicted molar refractivity (Wildman–Crippen MR) is 74.4 cm³/mol. The van der Waals surface area contributed by atoms with Crippen LogP contribution in [0, 0.1) is 0 Å². The molecule has 106 valence electrons. The van der Waals surface area contributed by atoms with Crippen LogP contribution in [0.3, 0.4) is 0 Å². The number of carboxylic acid groups (broad SMARTS) is 1. The molecule has 19 heavy (non-hydrogen) atoms. The Hall–Kier alpha value is -1.60. The van der Waals surface area contributed by atoms with Crippen LogP contribution in [-0.4, -0.2) is 48.7 Å². The third-order valence-corrected chi connectivity index (χ3v) is 3.30. The summed E-state index contributed by atoms with van der Waals surface area (Å²) in [6.45, 7) is 2.55. The van der Waals surface area contributed by atoms with Crippen LogP contribution in [0.5, 0.6) is 0 Å². The SMILES string of the molecule is CC(CN(C)C)NC(=O)NC(C(=O)O)c1cccs1. The van der Waals surface area contributed by atoms with E-state index in [1.165, 1.54) is 11.3 Å². The number of hydrogen-bond donors (Lipinski definition) is 3. The minimum absolute atomic E-state index is 0.0622. The number of rotatable bonds is 6. The summed E-state index contributed by atoms with van der Waals surface area (Å²) in [6, 6.07) is 1.89. The lowest BCUT2D eigenvalue weighted by molar-refractivity contribution is -0.139.